The number of nitrogens with zero attached hydrogens (tertiary/aromatic N) is 2. The molecule has 12 heteroatoms. The van der Waals surface area contributed by atoms with Crippen LogP contribution >= 0.6 is 39.1 Å². The second-order valence-corrected chi connectivity index (χ2v) is 13.3. The lowest BCUT2D eigenvalue weighted by atomic mass is 10.1. The molecule has 3 rings (SSSR count). The van der Waals surface area contributed by atoms with Crippen molar-refractivity contribution < 1.29 is 22.7 Å². The van der Waals surface area contributed by atoms with Gasteiger partial charge in [-0.15, -0.1) is 0 Å². The summed E-state index contributed by atoms with van der Waals surface area (Å²) in [5.74, 6) is -0.305. The van der Waals surface area contributed by atoms with Gasteiger partial charge in [-0.2, -0.15) is 0 Å². The van der Waals surface area contributed by atoms with Gasteiger partial charge >= 0.3 is 0 Å². The molecule has 0 spiro atoms. The number of rotatable bonds is 15. The van der Waals surface area contributed by atoms with E-state index in [0.717, 1.165) is 17.1 Å². The van der Waals surface area contributed by atoms with Crippen LogP contribution in [-0.2, 0) is 26.2 Å². The van der Waals surface area contributed by atoms with Crippen LogP contribution in [0.25, 0.3) is 0 Å². The van der Waals surface area contributed by atoms with Gasteiger partial charge in [-0.25, -0.2) is 8.42 Å². The van der Waals surface area contributed by atoms with E-state index in [9.17, 15) is 18.0 Å². The molecule has 0 aliphatic heterocycles. The normalized spacial score (nSPS) is 12.0. The van der Waals surface area contributed by atoms with Crippen molar-refractivity contribution in [2.75, 3.05) is 24.0 Å². The van der Waals surface area contributed by atoms with Gasteiger partial charge in [-0.3, -0.25) is 13.9 Å². The Morgan fingerprint density at radius 1 is 0.953 bits per heavy atom. The van der Waals surface area contributed by atoms with Gasteiger partial charge in [0.2, 0.25) is 11.8 Å². The van der Waals surface area contributed by atoms with Gasteiger partial charge in [0.25, 0.3) is 10.0 Å². The fourth-order valence-corrected chi connectivity index (χ4v) is 6.40. The Balaban J connectivity index is 2.05. The monoisotopic (exact) mass is 711 g/mol. The Morgan fingerprint density at radius 2 is 1.63 bits per heavy atom. The number of carbonyl (C=O) groups excluding carboxylic acids is 2. The maximum Gasteiger partial charge on any atom is 0.264 e. The number of amides is 2. The number of carbonyl (C=O) groups is 2. The number of nitrogens with one attached hydrogen (secondary N) is 1. The van der Waals surface area contributed by atoms with Gasteiger partial charge in [0.05, 0.1) is 27.2 Å². The van der Waals surface area contributed by atoms with Crippen LogP contribution in [0.1, 0.15) is 45.6 Å². The number of hydrogen-bond donors (Lipinski definition) is 1. The molecule has 3 aromatic carbocycles. The fraction of sp³-hybridized carbons (Fsp3) is 0.355. The molecule has 1 atom stereocenters. The lowest BCUT2D eigenvalue weighted by Crippen LogP contribution is -2.52. The number of halogens is 3. The van der Waals surface area contributed by atoms with Crippen molar-refractivity contribution >= 4 is 66.7 Å². The van der Waals surface area contributed by atoms with Crippen LogP contribution in [0, 0.1) is 0 Å². The molecule has 0 aliphatic carbocycles. The molecule has 2 amide bonds. The SMILES string of the molecule is CCCCNC(=O)[C@@H](CC)N(Cc1ccc(Cl)c(Cl)c1)C(=O)CN(c1ccc(OCC)cc1)S(=O)(=O)c1ccc(Br)cc1. The molecular weight excluding hydrogens is 677 g/mol. The van der Waals surface area contributed by atoms with Gasteiger partial charge in [-0.05, 0) is 86.0 Å². The summed E-state index contributed by atoms with van der Waals surface area (Å²) in [6.45, 7) is 6.06. The molecule has 8 nitrogen and oxygen atoms in total. The molecule has 1 N–H and O–H groups in total. The molecule has 0 saturated carbocycles. The van der Waals surface area contributed by atoms with E-state index in [1.807, 2.05) is 20.8 Å². The Labute approximate surface area is 272 Å². The predicted molar refractivity (Wildman–Crippen MR) is 175 cm³/mol. The minimum Gasteiger partial charge on any atom is -0.494 e. The highest BCUT2D eigenvalue weighted by Crippen LogP contribution is 2.28. The maximum atomic E-state index is 14.2. The quantitative estimate of drug-likeness (QED) is 0.170. The van der Waals surface area contributed by atoms with E-state index in [0.29, 0.717) is 45.4 Å². The third-order valence-electron chi connectivity index (χ3n) is 6.67. The highest BCUT2D eigenvalue weighted by atomic mass is 79.9. The second kappa shape index (κ2) is 16.3. The van der Waals surface area contributed by atoms with Crippen LogP contribution in [0.3, 0.4) is 0 Å². The van der Waals surface area contributed by atoms with Crippen LogP contribution in [0.5, 0.6) is 5.75 Å². The minimum atomic E-state index is -4.19. The van der Waals surface area contributed by atoms with Crippen LogP contribution in [0.2, 0.25) is 10.0 Å². The largest absolute Gasteiger partial charge is 0.494 e. The summed E-state index contributed by atoms with van der Waals surface area (Å²) in [5, 5.41) is 3.57. The first-order chi connectivity index (χ1) is 20.5. The first-order valence-corrected chi connectivity index (χ1v) is 17.0. The zero-order chi connectivity index (χ0) is 31.6. The van der Waals surface area contributed by atoms with Gasteiger partial charge in [-0.1, -0.05) is 65.5 Å². The summed E-state index contributed by atoms with van der Waals surface area (Å²) in [7, 11) is -4.19. The Bertz CT molecular complexity index is 1490. The molecule has 232 valence electrons. The third-order valence-corrected chi connectivity index (χ3v) is 9.72. The Morgan fingerprint density at radius 3 is 2.21 bits per heavy atom. The molecule has 0 aromatic heterocycles. The van der Waals surface area contributed by atoms with Crippen LogP contribution in [0.4, 0.5) is 5.69 Å². The Kier molecular flexibility index (Phi) is 13.2. The molecule has 0 fully saturated rings. The first kappa shape index (κ1) is 34.7. The van der Waals surface area contributed by atoms with Gasteiger partial charge in [0.15, 0.2) is 0 Å². The molecule has 0 saturated heterocycles. The molecule has 0 radical (unpaired) electrons. The average molecular weight is 714 g/mol. The molecule has 0 unspecified atom stereocenters. The number of hydrogen-bond acceptors (Lipinski definition) is 5. The van der Waals surface area contributed by atoms with E-state index in [-0.39, 0.29) is 23.0 Å². The van der Waals surface area contributed by atoms with Crippen molar-refractivity contribution in [3.8, 4) is 5.75 Å². The van der Waals surface area contributed by atoms with Crippen LogP contribution in [0.15, 0.2) is 76.1 Å². The predicted octanol–water partition coefficient (Wildman–Crippen LogP) is 7.07. The highest BCUT2D eigenvalue weighted by Gasteiger charge is 2.33. The summed E-state index contributed by atoms with van der Waals surface area (Å²) in [6, 6.07) is 16.8. The molecule has 3 aromatic rings. The number of unbranched alkanes of at least 4 members (excludes halogenated alkanes) is 1. The summed E-state index contributed by atoms with van der Waals surface area (Å²) in [6.07, 6.45) is 2.00. The lowest BCUT2D eigenvalue weighted by molar-refractivity contribution is -0.140. The summed E-state index contributed by atoms with van der Waals surface area (Å²) >= 11 is 15.7. The lowest BCUT2D eigenvalue weighted by Gasteiger charge is -2.33. The molecule has 0 aliphatic rings. The fourth-order valence-electron chi connectivity index (χ4n) is 4.40. The van der Waals surface area contributed by atoms with Crippen LogP contribution < -0.4 is 14.4 Å². The van der Waals surface area contributed by atoms with Gasteiger partial charge in [0.1, 0.15) is 18.3 Å². The van der Waals surface area contributed by atoms with E-state index in [1.54, 1.807) is 54.6 Å². The van der Waals surface area contributed by atoms with E-state index in [2.05, 4.69) is 21.2 Å². The molecular formula is C31H36BrCl2N3O5S. The van der Waals surface area contributed by atoms with Gasteiger partial charge < -0.3 is 15.0 Å². The van der Waals surface area contributed by atoms with Crippen LogP contribution in [-0.4, -0.2) is 50.9 Å². The van der Waals surface area contributed by atoms with Crippen molar-refractivity contribution in [2.24, 2.45) is 0 Å². The number of ether oxygens (including phenoxy) is 1. The Hall–Kier alpha value is -2.79. The third kappa shape index (κ3) is 9.35. The average Bonchev–Trinajstić information content (AvgIpc) is 2.98. The van der Waals surface area contributed by atoms with E-state index in [1.165, 1.54) is 17.0 Å². The topological polar surface area (TPSA) is 96.0 Å². The zero-order valence-corrected chi connectivity index (χ0v) is 28.3. The standard InChI is InChI=1S/C31H36BrCl2N3O5S/c1-4-7-18-35-31(39)29(5-2)36(20-22-8-17-27(33)28(34)19-22)30(38)21-37(24-11-13-25(14-12-24)42-6-3)43(40,41)26-15-9-23(32)10-16-26/h8-17,19,29H,4-7,18,20-21H2,1-3H3,(H,35,39)/t29-/m1/s1. The summed E-state index contributed by atoms with van der Waals surface area (Å²) in [5.41, 5.74) is 0.917. The highest BCUT2D eigenvalue weighted by molar-refractivity contribution is 9.10. The zero-order valence-electron chi connectivity index (χ0n) is 24.4. The molecule has 0 bridgehead atoms. The number of anilines is 1. The maximum absolute atomic E-state index is 14.2. The van der Waals surface area contributed by atoms with Crippen molar-refractivity contribution in [3.63, 3.8) is 0 Å². The first-order valence-electron chi connectivity index (χ1n) is 14.0. The minimum absolute atomic E-state index is 0.0118. The number of benzene rings is 3. The smallest absolute Gasteiger partial charge is 0.264 e. The van der Waals surface area contributed by atoms with Crippen molar-refractivity contribution in [1.29, 1.82) is 0 Å². The van der Waals surface area contributed by atoms with Crippen molar-refractivity contribution in [2.45, 2.75) is 57.5 Å². The van der Waals surface area contributed by atoms with E-state index in [4.69, 9.17) is 27.9 Å². The van der Waals surface area contributed by atoms with Crippen molar-refractivity contribution in [1.82, 2.24) is 10.2 Å². The summed E-state index contributed by atoms with van der Waals surface area (Å²) < 4.78 is 35.3. The molecule has 0 heterocycles. The van der Waals surface area contributed by atoms with Gasteiger partial charge in [0, 0.05) is 17.6 Å². The van der Waals surface area contributed by atoms with Crippen molar-refractivity contribution in [3.05, 3.63) is 86.8 Å². The summed E-state index contributed by atoms with van der Waals surface area (Å²) in [4.78, 5) is 28.9. The number of sulfonamides is 1. The second-order valence-electron chi connectivity index (χ2n) is 9.73. The van der Waals surface area contributed by atoms with E-state index >= 15 is 0 Å². The molecule has 43 heavy (non-hydrogen) atoms. The van der Waals surface area contributed by atoms with E-state index < -0.39 is 28.5 Å².